The van der Waals surface area contributed by atoms with Crippen molar-refractivity contribution in [2.24, 2.45) is 0 Å². The van der Waals surface area contributed by atoms with Crippen LogP contribution in [-0.4, -0.2) is 42.3 Å². The Hall–Kier alpha value is -3.15. The van der Waals surface area contributed by atoms with E-state index in [0.717, 1.165) is 56.6 Å². The van der Waals surface area contributed by atoms with E-state index in [1.54, 1.807) is 23.1 Å². The van der Waals surface area contributed by atoms with Gasteiger partial charge >= 0.3 is 0 Å². The SMILES string of the molecule is Cc1cccc(C(=O)N2CCCC2)c1NC(=O)c1ccc(N2CCCCC2=O)cc1. The molecule has 0 radical (unpaired) electrons. The highest BCUT2D eigenvalue weighted by molar-refractivity contribution is 6.10. The van der Waals surface area contributed by atoms with Crippen molar-refractivity contribution in [3.63, 3.8) is 0 Å². The number of anilines is 2. The lowest BCUT2D eigenvalue weighted by molar-refractivity contribution is -0.119. The van der Waals surface area contributed by atoms with Crippen LogP contribution in [0.1, 0.15) is 58.4 Å². The van der Waals surface area contributed by atoms with Gasteiger partial charge in [0.25, 0.3) is 11.8 Å². The average molecular weight is 405 g/mol. The molecular formula is C24H27N3O3. The summed E-state index contributed by atoms with van der Waals surface area (Å²) in [7, 11) is 0. The minimum atomic E-state index is -0.267. The fraction of sp³-hybridized carbons (Fsp3) is 0.375. The van der Waals surface area contributed by atoms with E-state index in [0.29, 0.717) is 23.2 Å². The van der Waals surface area contributed by atoms with Crippen molar-refractivity contribution in [1.29, 1.82) is 0 Å². The number of nitrogens with zero attached hydrogens (tertiary/aromatic N) is 2. The van der Waals surface area contributed by atoms with Gasteiger partial charge in [0.2, 0.25) is 5.91 Å². The van der Waals surface area contributed by atoms with E-state index in [-0.39, 0.29) is 17.7 Å². The summed E-state index contributed by atoms with van der Waals surface area (Å²) in [6, 6.07) is 12.6. The van der Waals surface area contributed by atoms with Crippen molar-refractivity contribution in [1.82, 2.24) is 4.90 Å². The zero-order valence-corrected chi connectivity index (χ0v) is 17.3. The summed E-state index contributed by atoms with van der Waals surface area (Å²) in [6.07, 6.45) is 4.54. The Labute approximate surface area is 176 Å². The molecule has 3 amide bonds. The largest absolute Gasteiger partial charge is 0.339 e. The Morgan fingerprint density at radius 2 is 1.60 bits per heavy atom. The van der Waals surface area contributed by atoms with E-state index < -0.39 is 0 Å². The molecule has 2 aliphatic heterocycles. The molecule has 2 heterocycles. The molecule has 0 aliphatic carbocycles. The molecule has 2 aromatic carbocycles. The maximum atomic E-state index is 12.9. The van der Waals surface area contributed by atoms with Crippen LogP contribution in [0.4, 0.5) is 11.4 Å². The first kappa shape index (κ1) is 20.1. The predicted octanol–water partition coefficient (Wildman–Crippen LogP) is 4.00. The van der Waals surface area contributed by atoms with Crippen molar-refractivity contribution >= 4 is 29.1 Å². The molecule has 0 atom stereocenters. The zero-order chi connectivity index (χ0) is 21.1. The Kier molecular flexibility index (Phi) is 5.84. The number of nitrogens with one attached hydrogen (secondary N) is 1. The molecule has 6 nitrogen and oxygen atoms in total. The number of amides is 3. The molecule has 0 bridgehead atoms. The summed E-state index contributed by atoms with van der Waals surface area (Å²) < 4.78 is 0. The van der Waals surface area contributed by atoms with Gasteiger partial charge in [-0.3, -0.25) is 14.4 Å². The summed E-state index contributed by atoms with van der Waals surface area (Å²) in [4.78, 5) is 41.6. The average Bonchev–Trinajstić information content (AvgIpc) is 3.30. The molecule has 2 aliphatic rings. The Morgan fingerprint density at radius 3 is 2.30 bits per heavy atom. The lowest BCUT2D eigenvalue weighted by Gasteiger charge is -2.26. The van der Waals surface area contributed by atoms with Gasteiger partial charge < -0.3 is 15.1 Å². The highest BCUT2D eigenvalue weighted by Gasteiger charge is 2.24. The molecular weight excluding hydrogens is 378 g/mol. The van der Waals surface area contributed by atoms with Gasteiger partial charge in [-0.15, -0.1) is 0 Å². The molecule has 2 saturated heterocycles. The van der Waals surface area contributed by atoms with Crippen LogP contribution in [0.5, 0.6) is 0 Å². The van der Waals surface area contributed by atoms with Crippen molar-refractivity contribution in [3.05, 3.63) is 59.2 Å². The van der Waals surface area contributed by atoms with E-state index in [1.807, 2.05) is 36.1 Å². The molecule has 0 saturated carbocycles. The number of carbonyl (C=O) groups excluding carboxylic acids is 3. The van der Waals surface area contributed by atoms with Gasteiger partial charge in [-0.1, -0.05) is 12.1 Å². The van der Waals surface area contributed by atoms with Crippen molar-refractivity contribution < 1.29 is 14.4 Å². The fourth-order valence-corrected chi connectivity index (χ4v) is 4.16. The standard InChI is InChI=1S/C24H27N3O3/c1-17-7-6-8-20(24(30)26-14-4-5-15-26)22(17)25-23(29)18-10-12-19(13-11-18)27-16-3-2-9-21(27)28/h6-8,10-13H,2-5,9,14-16H2,1H3,(H,25,29). The van der Waals surface area contributed by atoms with Gasteiger partial charge in [0.05, 0.1) is 11.3 Å². The van der Waals surface area contributed by atoms with E-state index in [2.05, 4.69) is 5.32 Å². The number of piperidine rings is 1. The molecule has 156 valence electrons. The number of para-hydroxylation sites is 1. The van der Waals surface area contributed by atoms with Gasteiger partial charge in [-0.25, -0.2) is 0 Å². The first-order chi connectivity index (χ1) is 14.5. The number of hydrogen-bond acceptors (Lipinski definition) is 3. The van der Waals surface area contributed by atoms with Gasteiger partial charge in [0.1, 0.15) is 0 Å². The molecule has 2 fully saturated rings. The summed E-state index contributed by atoms with van der Waals surface area (Å²) in [5.74, 6) is -0.176. The minimum Gasteiger partial charge on any atom is -0.339 e. The molecule has 0 aromatic heterocycles. The second-order valence-electron chi connectivity index (χ2n) is 8.00. The quantitative estimate of drug-likeness (QED) is 0.836. The molecule has 1 N–H and O–H groups in total. The molecule has 0 spiro atoms. The van der Waals surface area contributed by atoms with Crippen LogP contribution in [-0.2, 0) is 4.79 Å². The van der Waals surface area contributed by atoms with Crippen LogP contribution >= 0.6 is 0 Å². The number of likely N-dealkylation sites (tertiary alicyclic amines) is 1. The minimum absolute atomic E-state index is 0.0366. The Balaban J connectivity index is 1.52. The third-order valence-corrected chi connectivity index (χ3v) is 5.90. The number of benzene rings is 2. The third kappa shape index (κ3) is 4.08. The van der Waals surface area contributed by atoms with Crippen molar-refractivity contribution in [2.75, 3.05) is 29.9 Å². The fourth-order valence-electron chi connectivity index (χ4n) is 4.16. The van der Waals surface area contributed by atoms with Gasteiger partial charge in [0, 0.05) is 37.3 Å². The van der Waals surface area contributed by atoms with E-state index >= 15 is 0 Å². The summed E-state index contributed by atoms with van der Waals surface area (Å²) >= 11 is 0. The predicted molar refractivity (Wildman–Crippen MR) is 117 cm³/mol. The Morgan fingerprint density at radius 1 is 0.900 bits per heavy atom. The van der Waals surface area contributed by atoms with Crippen LogP contribution in [0.3, 0.4) is 0 Å². The smallest absolute Gasteiger partial charge is 0.255 e. The molecule has 6 heteroatoms. The van der Waals surface area contributed by atoms with Crippen molar-refractivity contribution in [2.45, 2.75) is 39.0 Å². The van der Waals surface area contributed by atoms with Gasteiger partial charge in [0.15, 0.2) is 0 Å². The highest BCUT2D eigenvalue weighted by atomic mass is 16.2. The molecule has 30 heavy (non-hydrogen) atoms. The van der Waals surface area contributed by atoms with Crippen LogP contribution in [0.15, 0.2) is 42.5 Å². The van der Waals surface area contributed by atoms with Crippen LogP contribution in [0.2, 0.25) is 0 Å². The number of aryl methyl sites for hydroxylation is 1. The van der Waals surface area contributed by atoms with Crippen molar-refractivity contribution in [3.8, 4) is 0 Å². The lowest BCUT2D eigenvalue weighted by atomic mass is 10.1. The highest BCUT2D eigenvalue weighted by Crippen LogP contribution is 2.26. The molecule has 4 rings (SSSR count). The summed E-state index contributed by atoms with van der Waals surface area (Å²) in [5.41, 5.74) is 3.25. The summed E-state index contributed by atoms with van der Waals surface area (Å²) in [5, 5.41) is 2.94. The zero-order valence-electron chi connectivity index (χ0n) is 17.3. The Bertz CT molecular complexity index is 962. The lowest BCUT2D eigenvalue weighted by Crippen LogP contribution is -2.35. The number of rotatable bonds is 4. The van der Waals surface area contributed by atoms with Crippen LogP contribution in [0.25, 0.3) is 0 Å². The van der Waals surface area contributed by atoms with Gasteiger partial charge in [-0.05, 0) is 68.5 Å². The second-order valence-corrected chi connectivity index (χ2v) is 8.00. The monoisotopic (exact) mass is 405 g/mol. The van der Waals surface area contributed by atoms with Gasteiger partial charge in [-0.2, -0.15) is 0 Å². The third-order valence-electron chi connectivity index (χ3n) is 5.90. The van der Waals surface area contributed by atoms with E-state index in [1.165, 1.54) is 0 Å². The maximum Gasteiger partial charge on any atom is 0.255 e. The maximum absolute atomic E-state index is 12.9. The first-order valence-electron chi connectivity index (χ1n) is 10.7. The number of carbonyl (C=O) groups is 3. The van der Waals surface area contributed by atoms with Crippen LogP contribution in [0, 0.1) is 6.92 Å². The molecule has 0 unspecified atom stereocenters. The normalized spacial score (nSPS) is 16.6. The molecule has 2 aromatic rings. The van der Waals surface area contributed by atoms with Crippen LogP contribution < -0.4 is 10.2 Å². The number of hydrogen-bond donors (Lipinski definition) is 1. The summed E-state index contributed by atoms with van der Waals surface area (Å²) in [6.45, 7) is 4.13. The van der Waals surface area contributed by atoms with E-state index in [4.69, 9.17) is 0 Å². The topological polar surface area (TPSA) is 69.7 Å². The van der Waals surface area contributed by atoms with E-state index in [9.17, 15) is 14.4 Å². The second kappa shape index (κ2) is 8.69. The first-order valence-corrected chi connectivity index (χ1v) is 10.7.